The van der Waals surface area contributed by atoms with E-state index >= 15 is 0 Å². The molecule has 2 rings (SSSR count). The number of aliphatic hydroxyl groups is 1. The number of nitrogens with zero attached hydrogens (tertiary/aromatic N) is 2. The maximum Gasteiger partial charge on any atom is 0.410 e. The fraction of sp³-hybridized carbons (Fsp3) is 0.524. The highest BCUT2D eigenvalue weighted by Gasteiger charge is 2.23. The lowest BCUT2D eigenvalue weighted by Crippen LogP contribution is -2.44. The van der Waals surface area contributed by atoms with Gasteiger partial charge < -0.3 is 20.1 Å². The number of carbonyl (C=O) groups is 1. The summed E-state index contributed by atoms with van der Waals surface area (Å²) in [7, 11) is 0. The molecular formula is C21H30FN3O3. The number of nitrogens with one attached hydrogen (secondary N) is 1. The summed E-state index contributed by atoms with van der Waals surface area (Å²) >= 11 is 0. The summed E-state index contributed by atoms with van der Waals surface area (Å²) in [6.07, 6.45) is 3.37. The second-order valence-corrected chi connectivity index (χ2v) is 7.95. The average Bonchev–Trinajstić information content (AvgIpc) is 2.61. The van der Waals surface area contributed by atoms with Gasteiger partial charge in [-0.05, 0) is 57.7 Å². The molecule has 1 amide bonds. The van der Waals surface area contributed by atoms with Crippen LogP contribution in [0, 0.1) is 5.82 Å². The van der Waals surface area contributed by atoms with Crippen LogP contribution in [0.2, 0.25) is 0 Å². The summed E-state index contributed by atoms with van der Waals surface area (Å²) < 4.78 is 19.8. The second kappa shape index (κ2) is 9.80. The molecule has 0 fully saturated rings. The number of amides is 1. The van der Waals surface area contributed by atoms with Crippen LogP contribution in [0.15, 0.2) is 30.6 Å². The molecule has 0 radical (unpaired) electrons. The van der Waals surface area contributed by atoms with E-state index in [4.69, 9.17) is 9.84 Å². The Hall–Kier alpha value is -2.25. The number of aromatic nitrogens is 1. The molecular weight excluding hydrogens is 361 g/mol. The molecule has 0 aliphatic heterocycles. The van der Waals surface area contributed by atoms with Gasteiger partial charge in [-0.15, -0.1) is 0 Å². The lowest BCUT2D eigenvalue weighted by atomic mass is 10.1. The molecule has 1 aromatic heterocycles. The van der Waals surface area contributed by atoms with E-state index in [1.54, 1.807) is 17.3 Å². The molecule has 1 atom stereocenters. The molecule has 1 heterocycles. The Labute approximate surface area is 165 Å². The third-order valence-corrected chi connectivity index (χ3v) is 4.18. The SMILES string of the molecule is C[C@H](CN(CCCO)C(=O)OC(C)(C)C)NCc1cc2ccncc2cc1F. The van der Waals surface area contributed by atoms with Gasteiger partial charge in [-0.2, -0.15) is 0 Å². The van der Waals surface area contributed by atoms with Gasteiger partial charge in [0.25, 0.3) is 0 Å². The van der Waals surface area contributed by atoms with E-state index in [1.807, 2.05) is 39.8 Å². The Bertz CT molecular complexity index is 792. The molecule has 0 saturated heterocycles. The maximum absolute atomic E-state index is 14.3. The Morgan fingerprint density at radius 3 is 2.79 bits per heavy atom. The lowest BCUT2D eigenvalue weighted by molar-refractivity contribution is 0.0225. The smallest absolute Gasteiger partial charge is 0.410 e. The van der Waals surface area contributed by atoms with Crippen LogP contribution in [-0.4, -0.2) is 52.4 Å². The van der Waals surface area contributed by atoms with E-state index in [2.05, 4.69) is 10.3 Å². The summed E-state index contributed by atoms with van der Waals surface area (Å²) in [6.45, 7) is 8.51. The monoisotopic (exact) mass is 391 g/mol. The Balaban J connectivity index is 1.99. The van der Waals surface area contributed by atoms with Crippen LogP contribution in [0.25, 0.3) is 10.8 Å². The first kappa shape index (κ1) is 22.0. The van der Waals surface area contributed by atoms with Crippen molar-refractivity contribution in [3.8, 4) is 0 Å². The Kier molecular flexibility index (Phi) is 7.71. The van der Waals surface area contributed by atoms with Gasteiger partial charge in [0.05, 0.1) is 0 Å². The minimum absolute atomic E-state index is 0.00172. The molecule has 2 N–H and O–H groups in total. The first-order chi connectivity index (χ1) is 13.2. The van der Waals surface area contributed by atoms with Crippen LogP contribution in [0.1, 0.15) is 39.7 Å². The molecule has 0 spiro atoms. The zero-order valence-corrected chi connectivity index (χ0v) is 17.0. The number of hydrogen-bond acceptors (Lipinski definition) is 5. The van der Waals surface area contributed by atoms with Crippen molar-refractivity contribution in [2.75, 3.05) is 19.7 Å². The molecule has 0 bridgehead atoms. The first-order valence-corrected chi connectivity index (χ1v) is 9.54. The third-order valence-electron chi connectivity index (χ3n) is 4.18. The van der Waals surface area contributed by atoms with E-state index in [0.29, 0.717) is 31.6 Å². The molecule has 28 heavy (non-hydrogen) atoms. The maximum atomic E-state index is 14.3. The molecule has 7 heteroatoms. The summed E-state index contributed by atoms with van der Waals surface area (Å²) in [5, 5.41) is 14.0. The van der Waals surface area contributed by atoms with Gasteiger partial charge in [-0.25, -0.2) is 9.18 Å². The van der Waals surface area contributed by atoms with Gasteiger partial charge in [0.2, 0.25) is 0 Å². The van der Waals surface area contributed by atoms with E-state index in [1.165, 1.54) is 6.07 Å². The highest BCUT2D eigenvalue weighted by molar-refractivity contribution is 5.82. The molecule has 1 aromatic carbocycles. The number of ether oxygens (including phenoxy) is 1. The largest absolute Gasteiger partial charge is 0.444 e. The van der Waals surface area contributed by atoms with Gasteiger partial charge in [0, 0.05) is 55.6 Å². The Morgan fingerprint density at radius 1 is 1.36 bits per heavy atom. The zero-order chi connectivity index (χ0) is 20.7. The van der Waals surface area contributed by atoms with Gasteiger partial charge in [-0.3, -0.25) is 4.98 Å². The van der Waals surface area contributed by atoms with Gasteiger partial charge in [0.15, 0.2) is 0 Å². The number of pyridine rings is 1. The Morgan fingerprint density at radius 2 is 2.11 bits per heavy atom. The molecule has 0 aliphatic rings. The number of carbonyl (C=O) groups excluding carboxylic acids is 1. The van der Waals surface area contributed by atoms with Crippen molar-refractivity contribution in [1.29, 1.82) is 0 Å². The molecule has 0 unspecified atom stereocenters. The highest BCUT2D eigenvalue weighted by atomic mass is 19.1. The van der Waals surface area contributed by atoms with Crippen molar-refractivity contribution < 1.29 is 19.0 Å². The van der Waals surface area contributed by atoms with Gasteiger partial charge >= 0.3 is 6.09 Å². The van der Waals surface area contributed by atoms with E-state index in [0.717, 1.165) is 10.8 Å². The molecule has 2 aromatic rings. The highest BCUT2D eigenvalue weighted by Crippen LogP contribution is 2.18. The quantitative estimate of drug-likeness (QED) is 0.721. The predicted octanol–water partition coefficient (Wildman–Crippen LogP) is 3.47. The molecule has 0 saturated carbocycles. The van der Waals surface area contributed by atoms with E-state index in [-0.39, 0.29) is 18.5 Å². The van der Waals surface area contributed by atoms with Crippen molar-refractivity contribution in [1.82, 2.24) is 15.2 Å². The van der Waals surface area contributed by atoms with Gasteiger partial charge in [0.1, 0.15) is 11.4 Å². The van der Waals surface area contributed by atoms with Crippen LogP contribution in [0.5, 0.6) is 0 Å². The zero-order valence-electron chi connectivity index (χ0n) is 17.0. The number of benzene rings is 1. The summed E-state index contributed by atoms with van der Waals surface area (Å²) in [4.78, 5) is 18.0. The van der Waals surface area contributed by atoms with Crippen molar-refractivity contribution in [3.05, 3.63) is 42.0 Å². The van der Waals surface area contributed by atoms with E-state index < -0.39 is 11.7 Å². The normalized spacial score (nSPS) is 12.8. The fourth-order valence-corrected chi connectivity index (χ4v) is 2.82. The summed E-state index contributed by atoms with van der Waals surface area (Å²) in [5.74, 6) is -0.288. The van der Waals surface area contributed by atoms with Crippen LogP contribution >= 0.6 is 0 Å². The number of fused-ring (bicyclic) bond motifs is 1. The number of rotatable bonds is 8. The van der Waals surface area contributed by atoms with Crippen LogP contribution < -0.4 is 5.32 Å². The second-order valence-electron chi connectivity index (χ2n) is 7.95. The first-order valence-electron chi connectivity index (χ1n) is 9.54. The minimum atomic E-state index is -0.589. The number of halogens is 1. The molecule has 0 aliphatic carbocycles. The fourth-order valence-electron chi connectivity index (χ4n) is 2.82. The number of aliphatic hydroxyl groups excluding tert-OH is 1. The van der Waals surface area contributed by atoms with Crippen molar-refractivity contribution >= 4 is 16.9 Å². The lowest BCUT2D eigenvalue weighted by Gasteiger charge is -2.29. The predicted molar refractivity (Wildman–Crippen MR) is 108 cm³/mol. The molecule has 154 valence electrons. The average molecular weight is 391 g/mol. The minimum Gasteiger partial charge on any atom is -0.444 e. The van der Waals surface area contributed by atoms with Crippen molar-refractivity contribution in [2.24, 2.45) is 0 Å². The molecule has 6 nitrogen and oxygen atoms in total. The third kappa shape index (κ3) is 6.73. The van der Waals surface area contributed by atoms with Crippen LogP contribution in [-0.2, 0) is 11.3 Å². The van der Waals surface area contributed by atoms with Crippen LogP contribution in [0.3, 0.4) is 0 Å². The standard InChI is InChI=1S/C21H30FN3O3/c1-15(14-25(8-5-9-26)20(27)28-21(2,3)4)24-13-18-10-16-6-7-23-12-17(16)11-19(18)22/h6-7,10-12,15,24,26H,5,8-9,13-14H2,1-4H3/t15-/m1/s1. The summed E-state index contributed by atoms with van der Waals surface area (Å²) in [5.41, 5.74) is -0.0291. The number of hydrogen-bond donors (Lipinski definition) is 2. The van der Waals surface area contributed by atoms with Gasteiger partial charge in [-0.1, -0.05) is 0 Å². The van der Waals surface area contributed by atoms with Crippen LogP contribution in [0.4, 0.5) is 9.18 Å². The topological polar surface area (TPSA) is 74.7 Å². The van der Waals surface area contributed by atoms with Crippen molar-refractivity contribution in [2.45, 2.75) is 52.3 Å². The van der Waals surface area contributed by atoms with Crippen molar-refractivity contribution in [3.63, 3.8) is 0 Å². The van der Waals surface area contributed by atoms with E-state index in [9.17, 15) is 9.18 Å². The summed E-state index contributed by atoms with van der Waals surface area (Å²) in [6, 6.07) is 5.06.